The van der Waals surface area contributed by atoms with E-state index < -0.39 is 0 Å². The minimum Gasteiger partial charge on any atom is -0.382 e. The van der Waals surface area contributed by atoms with Gasteiger partial charge in [0, 0.05) is 32.3 Å². The summed E-state index contributed by atoms with van der Waals surface area (Å²) in [6, 6.07) is 2.39. The van der Waals surface area contributed by atoms with Crippen LogP contribution in [-0.2, 0) is 22.4 Å². The Morgan fingerprint density at radius 2 is 2.11 bits per heavy atom. The van der Waals surface area contributed by atoms with Crippen LogP contribution in [0.3, 0.4) is 0 Å². The fourth-order valence-electron chi connectivity index (χ4n) is 1.38. The molecule has 0 aromatic carbocycles. The molecule has 18 heavy (non-hydrogen) atoms. The second-order valence-corrected chi connectivity index (χ2v) is 4.35. The van der Waals surface area contributed by atoms with E-state index in [2.05, 4.69) is 29.1 Å². The average molecular weight is 253 g/mol. The second-order valence-electron chi connectivity index (χ2n) is 4.35. The molecule has 5 heteroatoms. The third-order valence-corrected chi connectivity index (χ3v) is 2.36. The van der Waals surface area contributed by atoms with Gasteiger partial charge in [0.1, 0.15) is 5.82 Å². The molecule has 0 saturated heterocycles. The molecule has 0 aliphatic carbocycles. The summed E-state index contributed by atoms with van der Waals surface area (Å²) in [6.45, 7) is 6.88. The van der Waals surface area contributed by atoms with Crippen LogP contribution in [0.5, 0.6) is 0 Å². The predicted molar refractivity (Wildman–Crippen MR) is 70.4 cm³/mol. The van der Waals surface area contributed by atoms with Gasteiger partial charge in [0.05, 0.1) is 25.5 Å². The molecule has 0 unspecified atom stereocenters. The van der Waals surface area contributed by atoms with Gasteiger partial charge >= 0.3 is 0 Å². The van der Waals surface area contributed by atoms with Gasteiger partial charge in [0.2, 0.25) is 0 Å². The molecular weight excluding hydrogens is 230 g/mol. The van der Waals surface area contributed by atoms with Crippen molar-refractivity contribution in [2.75, 3.05) is 26.9 Å². The Labute approximate surface area is 109 Å². The SMILES string of the molecule is COCCOCCc1nccc(CNC(C)C)n1. The molecule has 5 nitrogen and oxygen atoms in total. The van der Waals surface area contributed by atoms with Crippen LogP contribution < -0.4 is 5.32 Å². The van der Waals surface area contributed by atoms with Gasteiger partial charge in [-0.2, -0.15) is 0 Å². The summed E-state index contributed by atoms with van der Waals surface area (Å²) in [7, 11) is 1.66. The molecule has 0 saturated carbocycles. The molecule has 0 aliphatic heterocycles. The van der Waals surface area contributed by atoms with E-state index in [1.54, 1.807) is 13.3 Å². The molecule has 0 fully saturated rings. The molecule has 1 aromatic rings. The minimum atomic E-state index is 0.459. The number of rotatable bonds is 9. The lowest BCUT2D eigenvalue weighted by molar-refractivity contribution is 0.0716. The molecular formula is C13H23N3O2. The monoisotopic (exact) mass is 253 g/mol. The van der Waals surface area contributed by atoms with Crippen molar-refractivity contribution >= 4 is 0 Å². The third-order valence-electron chi connectivity index (χ3n) is 2.36. The molecule has 0 spiro atoms. The lowest BCUT2D eigenvalue weighted by atomic mass is 10.3. The van der Waals surface area contributed by atoms with Crippen LogP contribution in [0.1, 0.15) is 25.4 Å². The van der Waals surface area contributed by atoms with Crippen molar-refractivity contribution < 1.29 is 9.47 Å². The van der Waals surface area contributed by atoms with E-state index in [1.807, 2.05) is 6.07 Å². The normalized spacial score (nSPS) is 11.1. The minimum absolute atomic E-state index is 0.459. The Hall–Kier alpha value is -1.04. The smallest absolute Gasteiger partial charge is 0.130 e. The van der Waals surface area contributed by atoms with Crippen molar-refractivity contribution in [1.82, 2.24) is 15.3 Å². The van der Waals surface area contributed by atoms with Gasteiger partial charge in [-0.05, 0) is 6.07 Å². The summed E-state index contributed by atoms with van der Waals surface area (Å²) in [6.07, 6.45) is 2.54. The quantitative estimate of drug-likeness (QED) is 0.670. The molecule has 0 atom stereocenters. The Bertz CT molecular complexity index is 332. The molecule has 0 amide bonds. The number of nitrogens with one attached hydrogen (secondary N) is 1. The fourth-order valence-corrected chi connectivity index (χ4v) is 1.38. The van der Waals surface area contributed by atoms with Gasteiger partial charge in [0.15, 0.2) is 0 Å². The summed E-state index contributed by atoms with van der Waals surface area (Å²) >= 11 is 0. The molecule has 102 valence electrons. The number of nitrogens with zero attached hydrogens (tertiary/aromatic N) is 2. The third kappa shape index (κ3) is 6.64. The Morgan fingerprint density at radius 1 is 1.28 bits per heavy atom. The number of ether oxygens (including phenoxy) is 2. The number of aromatic nitrogens is 2. The van der Waals surface area contributed by atoms with Crippen molar-refractivity contribution in [1.29, 1.82) is 0 Å². The molecule has 0 aliphatic rings. The van der Waals surface area contributed by atoms with Crippen LogP contribution in [0.25, 0.3) is 0 Å². The molecule has 1 N–H and O–H groups in total. The van der Waals surface area contributed by atoms with Crippen molar-refractivity contribution in [3.63, 3.8) is 0 Å². The zero-order valence-corrected chi connectivity index (χ0v) is 11.5. The first-order chi connectivity index (χ1) is 8.72. The van der Waals surface area contributed by atoms with Crippen molar-refractivity contribution in [2.24, 2.45) is 0 Å². The maximum Gasteiger partial charge on any atom is 0.130 e. The topological polar surface area (TPSA) is 56.3 Å². The van der Waals surface area contributed by atoms with Crippen molar-refractivity contribution in [3.05, 3.63) is 23.8 Å². The zero-order valence-electron chi connectivity index (χ0n) is 11.5. The summed E-state index contributed by atoms with van der Waals surface area (Å²) in [4.78, 5) is 8.71. The van der Waals surface area contributed by atoms with Crippen LogP contribution in [0, 0.1) is 0 Å². The standard InChI is InChI=1S/C13H23N3O2/c1-11(2)15-10-12-4-6-14-13(16-12)5-7-18-9-8-17-3/h4,6,11,15H,5,7-10H2,1-3H3. The highest BCUT2D eigenvalue weighted by atomic mass is 16.5. The van der Waals surface area contributed by atoms with E-state index in [0.717, 1.165) is 24.5 Å². The highest BCUT2D eigenvalue weighted by Crippen LogP contribution is 1.98. The number of hydrogen-bond donors (Lipinski definition) is 1. The average Bonchev–Trinajstić information content (AvgIpc) is 2.37. The summed E-state index contributed by atoms with van der Waals surface area (Å²) < 4.78 is 10.3. The molecule has 1 aromatic heterocycles. The van der Waals surface area contributed by atoms with E-state index in [9.17, 15) is 0 Å². The lowest BCUT2D eigenvalue weighted by Crippen LogP contribution is -2.22. The van der Waals surface area contributed by atoms with Gasteiger partial charge in [-0.15, -0.1) is 0 Å². The zero-order chi connectivity index (χ0) is 13.2. The van der Waals surface area contributed by atoms with Crippen LogP contribution >= 0.6 is 0 Å². The Morgan fingerprint density at radius 3 is 2.83 bits per heavy atom. The highest BCUT2D eigenvalue weighted by Gasteiger charge is 2.01. The second kappa shape index (κ2) is 8.97. The Kier molecular flexibility index (Phi) is 7.48. The Balaban J connectivity index is 2.30. The first-order valence-electron chi connectivity index (χ1n) is 6.33. The maximum absolute atomic E-state index is 5.40. The number of hydrogen-bond acceptors (Lipinski definition) is 5. The van der Waals surface area contributed by atoms with Crippen LogP contribution in [-0.4, -0.2) is 42.9 Å². The van der Waals surface area contributed by atoms with Gasteiger partial charge in [-0.1, -0.05) is 13.8 Å². The lowest BCUT2D eigenvalue weighted by Gasteiger charge is -2.08. The van der Waals surface area contributed by atoms with Gasteiger partial charge < -0.3 is 14.8 Å². The van der Waals surface area contributed by atoms with Gasteiger partial charge in [-0.25, -0.2) is 9.97 Å². The predicted octanol–water partition coefficient (Wildman–Crippen LogP) is 1.18. The van der Waals surface area contributed by atoms with Gasteiger partial charge in [-0.3, -0.25) is 0 Å². The molecule has 0 bridgehead atoms. The van der Waals surface area contributed by atoms with Crippen LogP contribution in [0.15, 0.2) is 12.3 Å². The first-order valence-corrected chi connectivity index (χ1v) is 6.33. The highest BCUT2D eigenvalue weighted by molar-refractivity contribution is 5.02. The van der Waals surface area contributed by atoms with Crippen molar-refractivity contribution in [3.8, 4) is 0 Å². The van der Waals surface area contributed by atoms with Crippen molar-refractivity contribution in [2.45, 2.75) is 32.9 Å². The summed E-state index contributed by atoms with van der Waals surface area (Å²) in [5.41, 5.74) is 1.02. The summed E-state index contributed by atoms with van der Waals surface area (Å²) in [5.74, 6) is 0.829. The number of methoxy groups -OCH3 is 1. The largest absolute Gasteiger partial charge is 0.382 e. The molecule has 1 rings (SSSR count). The van der Waals surface area contributed by atoms with Crippen LogP contribution in [0.2, 0.25) is 0 Å². The van der Waals surface area contributed by atoms with E-state index >= 15 is 0 Å². The summed E-state index contributed by atoms with van der Waals surface area (Å²) in [5, 5.41) is 3.33. The van der Waals surface area contributed by atoms with E-state index in [-0.39, 0.29) is 0 Å². The van der Waals surface area contributed by atoms with E-state index in [0.29, 0.717) is 25.9 Å². The van der Waals surface area contributed by atoms with Crippen LogP contribution in [0.4, 0.5) is 0 Å². The maximum atomic E-state index is 5.40. The molecule has 1 heterocycles. The molecule has 0 radical (unpaired) electrons. The van der Waals surface area contributed by atoms with E-state index in [4.69, 9.17) is 9.47 Å². The first kappa shape index (κ1) is 15.0. The van der Waals surface area contributed by atoms with Gasteiger partial charge in [0.25, 0.3) is 0 Å². The van der Waals surface area contributed by atoms with E-state index in [1.165, 1.54) is 0 Å². The fraction of sp³-hybridized carbons (Fsp3) is 0.692.